The van der Waals surface area contributed by atoms with Gasteiger partial charge in [-0.1, -0.05) is 60.1 Å². The predicted octanol–water partition coefficient (Wildman–Crippen LogP) is 6.72. The fourth-order valence-electron chi connectivity index (χ4n) is 3.52. The van der Waals surface area contributed by atoms with Crippen molar-refractivity contribution >= 4 is 46.2 Å². The van der Waals surface area contributed by atoms with Gasteiger partial charge in [0.2, 0.25) is 0 Å². The number of amides is 1. The van der Waals surface area contributed by atoms with E-state index in [0.29, 0.717) is 32.2 Å². The molecule has 1 atom stereocenters. The number of methoxy groups -OCH3 is 2. The van der Waals surface area contributed by atoms with Gasteiger partial charge in [0, 0.05) is 6.07 Å². The second kappa shape index (κ2) is 10.1. The van der Waals surface area contributed by atoms with Gasteiger partial charge in [0.05, 0.1) is 35.9 Å². The molecule has 0 aromatic heterocycles. The van der Waals surface area contributed by atoms with Gasteiger partial charge in [0.25, 0.3) is 5.91 Å². The third-order valence-corrected chi connectivity index (χ3v) is 6.59. The molecule has 5 nitrogen and oxygen atoms in total. The Labute approximate surface area is 202 Å². The zero-order valence-corrected chi connectivity index (χ0v) is 20.1. The topological polar surface area (TPSA) is 51.1 Å². The number of benzene rings is 3. The zero-order chi connectivity index (χ0) is 23.4. The van der Waals surface area contributed by atoms with Gasteiger partial charge in [-0.3, -0.25) is 9.69 Å². The minimum absolute atomic E-state index is 0.128. The van der Waals surface area contributed by atoms with Crippen LogP contribution in [0.2, 0.25) is 5.02 Å². The molecule has 1 saturated heterocycles. The van der Waals surface area contributed by atoms with E-state index in [2.05, 4.69) is 0 Å². The highest BCUT2D eigenvalue weighted by Crippen LogP contribution is 2.41. The van der Waals surface area contributed by atoms with E-state index < -0.39 is 0 Å². The van der Waals surface area contributed by atoms with E-state index in [4.69, 9.17) is 26.1 Å². The van der Waals surface area contributed by atoms with Crippen molar-refractivity contribution in [3.63, 3.8) is 0 Å². The number of carbonyl (C=O) groups is 1. The summed E-state index contributed by atoms with van der Waals surface area (Å²) in [5, 5.41) is 1.08. The first-order valence-corrected chi connectivity index (χ1v) is 11.5. The van der Waals surface area contributed by atoms with Gasteiger partial charge in [0.1, 0.15) is 0 Å². The minimum atomic E-state index is -0.194. The maximum Gasteiger partial charge on any atom is 0.267 e. The molecule has 7 heteroatoms. The number of thioether (sulfide) groups is 1. The van der Waals surface area contributed by atoms with Crippen molar-refractivity contribution in [2.45, 2.75) is 13.0 Å². The molecule has 1 fully saturated rings. The monoisotopic (exact) mass is 478 g/mol. The second-order valence-corrected chi connectivity index (χ2v) is 8.75. The lowest BCUT2D eigenvalue weighted by Crippen LogP contribution is -2.32. The largest absolute Gasteiger partial charge is 0.493 e. The van der Waals surface area contributed by atoms with Crippen molar-refractivity contribution in [2.24, 2.45) is 4.99 Å². The van der Waals surface area contributed by atoms with E-state index in [-0.39, 0.29) is 11.9 Å². The molecule has 0 bridgehead atoms. The van der Waals surface area contributed by atoms with Gasteiger partial charge in [-0.15, -0.1) is 0 Å². The highest BCUT2D eigenvalue weighted by atomic mass is 35.5. The molecule has 3 aromatic rings. The van der Waals surface area contributed by atoms with Crippen LogP contribution in [0.5, 0.6) is 11.5 Å². The number of aliphatic imine (C=N–C) groups is 1. The molecule has 4 rings (SSSR count). The van der Waals surface area contributed by atoms with Crippen LogP contribution in [0.15, 0.2) is 82.7 Å². The van der Waals surface area contributed by atoms with Crippen LogP contribution in [0.1, 0.15) is 24.1 Å². The zero-order valence-electron chi connectivity index (χ0n) is 18.5. The molecule has 0 spiro atoms. The lowest BCUT2D eigenvalue weighted by molar-refractivity contribution is -0.123. The summed E-state index contributed by atoms with van der Waals surface area (Å²) in [6.45, 7) is 2.00. The number of ether oxygens (including phenoxy) is 2. The first-order valence-electron chi connectivity index (χ1n) is 10.3. The molecule has 1 heterocycles. The number of amidine groups is 1. The van der Waals surface area contributed by atoms with E-state index in [1.54, 1.807) is 37.3 Å². The Hall–Kier alpha value is -3.22. The highest BCUT2D eigenvalue weighted by molar-refractivity contribution is 8.18. The third kappa shape index (κ3) is 4.92. The molecule has 1 aliphatic heterocycles. The van der Waals surface area contributed by atoms with Crippen LogP contribution in [0, 0.1) is 0 Å². The first-order chi connectivity index (χ1) is 16.0. The number of carbonyl (C=O) groups excluding carboxylic acids is 1. The van der Waals surface area contributed by atoms with E-state index in [1.807, 2.05) is 67.6 Å². The summed E-state index contributed by atoms with van der Waals surface area (Å²) in [5.41, 5.74) is 2.47. The Bertz CT molecular complexity index is 1210. The maximum absolute atomic E-state index is 13.6. The summed E-state index contributed by atoms with van der Waals surface area (Å²) in [4.78, 5) is 20.6. The number of rotatable bonds is 6. The number of halogens is 1. The first kappa shape index (κ1) is 23.0. The van der Waals surface area contributed by atoms with Gasteiger partial charge < -0.3 is 9.47 Å². The molecule has 0 radical (unpaired) electrons. The molecule has 0 saturated carbocycles. The second-order valence-electron chi connectivity index (χ2n) is 7.33. The van der Waals surface area contributed by atoms with Gasteiger partial charge >= 0.3 is 0 Å². The lowest BCUT2D eigenvalue weighted by atomic mass is 10.1. The van der Waals surface area contributed by atoms with Crippen molar-refractivity contribution in [2.75, 3.05) is 14.2 Å². The minimum Gasteiger partial charge on any atom is -0.493 e. The summed E-state index contributed by atoms with van der Waals surface area (Å²) in [5.74, 6) is 0.939. The summed E-state index contributed by atoms with van der Waals surface area (Å²) in [7, 11) is 3.11. The van der Waals surface area contributed by atoms with E-state index in [1.165, 1.54) is 11.8 Å². The van der Waals surface area contributed by atoms with Gasteiger partial charge in [0.15, 0.2) is 16.7 Å². The Morgan fingerprint density at radius 1 is 0.970 bits per heavy atom. The van der Waals surface area contributed by atoms with Crippen molar-refractivity contribution in [1.82, 2.24) is 4.90 Å². The van der Waals surface area contributed by atoms with E-state index in [0.717, 1.165) is 11.3 Å². The molecular formula is C26H23ClN2O3S. The summed E-state index contributed by atoms with van der Waals surface area (Å²) >= 11 is 7.81. The molecule has 33 heavy (non-hydrogen) atoms. The molecule has 168 valence electrons. The normalized spacial score (nSPS) is 17.0. The van der Waals surface area contributed by atoms with Crippen LogP contribution in [0.25, 0.3) is 6.08 Å². The SMILES string of the molecule is COc1cc(Cl)c(/C=C2/SC(=Nc3ccccc3)N([C@H](C)c3ccccc3)C2=O)cc1OC. The molecule has 1 amide bonds. The van der Waals surface area contributed by atoms with Crippen LogP contribution in [-0.2, 0) is 4.79 Å². The average molecular weight is 479 g/mol. The molecule has 0 unspecified atom stereocenters. The van der Waals surface area contributed by atoms with Crippen LogP contribution in [0.3, 0.4) is 0 Å². The standard InChI is InChI=1S/C26H23ClN2O3S/c1-17(18-10-6-4-7-11-18)29-25(30)24(33-26(29)28-20-12-8-5-9-13-20)15-19-14-22(31-2)23(32-3)16-21(19)27/h4-17H,1-3H3/b24-15+,28-26?/t17-/m1/s1. The Balaban J connectivity index is 1.77. The number of para-hydroxylation sites is 1. The summed E-state index contributed by atoms with van der Waals surface area (Å²) in [6.07, 6.45) is 1.77. The Kier molecular flexibility index (Phi) is 7.06. The van der Waals surface area contributed by atoms with Crippen molar-refractivity contribution < 1.29 is 14.3 Å². The maximum atomic E-state index is 13.6. The van der Waals surface area contributed by atoms with E-state index >= 15 is 0 Å². The van der Waals surface area contributed by atoms with Crippen LogP contribution < -0.4 is 9.47 Å². The van der Waals surface area contributed by atoms with Gasteiger partial charge in [-0.05, 0) is 54.1 Å². The highest BCUT2D eigenvalue weighted by Gasteiger charge is 2.37. The fraction of sp³-hybridized carbons (Fsp3) is 0.154. The van der Waals surface area contributed by atoms with Crippen molar-refractivity contribution in [3.05, 3.63) is 93.9 Å². The molecule has 3 aromatic carbocycles. The van der Waals surface area contributed by atoms with E-state index in [9.17, 15) is 4.79 Å². The van der Waals surface area contributed by atoms with Crippen molar-refractivity contribution in [3.8, 4) is 11.5 Å². The molecule has 0 aliphatic carbocycles. The quantitative estimate of drug-likeness (QED) is 0.369. The molecule has 1 aliphatic rings. The lowest BCUT2D eigenvalue weighted by Gasteiger charge is -2.24. The fourth-order valence-corrected chi connectivity index (χ4v) is 4.79. The number of nitrogens with zero attached hydrogens (tertiary/aromatic N) is 2. The van der Waals surface area contributed by atoms with Crippen LogP contribution in [-0.4, -0.2) is 30.2 Å². The molecular weight excluding hydrogens is 456 g/mol. The smallest absolute Gasteiger partial charge is 0.267 e. The van der Waals surface area contributed by atoms with Crippen LogP contribution in [0.4, 0.5) is 5.69 Å². The average Bonchev–Trinajstić information content (AvgIpc) is 3.14. The Morgan fingerprint density at radius 3 is 2.21 bits per heavy atom. The Morgan fingerprint density at radius 2 is 1.58 bits per heavy atom. The van der Waals surface area contributed by atoms with Gasteiger partial charge in [-0.2, -0.15) is 0 Å². The molecule has 0 N–H and O–H groups in total. The third-order valence-electron chi connectivity index (χ3n) is 5.28. The van der Waals surface area contributed by atoms with Crippen molar-refractivity contribution in [1.29, 1.82) is 0 Å². The van der Waals surface area contributed by atoms with Crippen LogP contribution >= 0.6 is 23.4 Å². The number of hydrogen-bond donors (Lipinski definition) is 0. The summed E-state index contributed by atoms with van der Waals surface area (Å²) < 4.78 is 10.7. The number of hydrogen-bond acceptors (Lipinski definition) is 5. The van der Waals surface area contributed by atoms with Gasteiger partial charge in [-0.25, -0.2) is 4.99 Å². The predicted molar refractivity (Wildman–Crippen MR) is 135 cm³/mol. The summed E-state index contributed by atoms with van der Waals surface area (Å²) in [6, 6.07) is 22.8.